The van der Waals surface area contributed by atoms with Crippen molar-refractivity contribution in [1.82, 2.24) is 15.2 Å². The molecule has 0 unspecified atom stereocenters. The number of hydrazine groups is 1. The molecule has 1 heterocycles. The molecule has 2 N–H and O–H groups in total. The van der Waals surface area contributed by atoms with Crippen LogP contribution in [-0.2, 0) is 10.0 Å². The van der Waals surface area contributed by atoms with Crippen molar-refractivity contribution in [3.05, 3.63) is 58.1 Å². The van der Waals surface area contributed by atoms with Crippen molar-refractivity contribution in [3.63, 3.8) is 0 Å². The molecule has 2 amide bonds. The first kappa shape index (κ1) is 23.2. The summed E-state index contributed by atoms with van der Waals surface area (Å²) in [6, 6.07) is 10.8. The molecule has 0 saturated carbocycles. The van der Waals surface area contributed by atoms with E-state index in [1.54, 1.807) is 24.3 Å². The van der Waals surface area contributed by atoms with E-state index < -0.39 is 21.8 Å². The molecule has 2 aromatic carbocycles. The Hall–Kier alpha value is -2.43. The minimum Gasteiger partial charge on any atom is -0.496 e. The van der Waals surface area contributed by atoms with Crippen LogP contribution in [0, 0.1) is 0 Å². The van der Waals surface area contributed by atoms with Crippen LogP contribution in [0.15, 0.2) is 51.8 Å². The van der Waals surface area contributed by atoms with E-state index >= 15 is 0 Å². The molecule has 0 atom stereocenters. The zero-order valence-corrected chi connectivity index (χ0v) is 19.5. The Bertz CT molecular complexity index is 1050. The van der Waals surface area contributed by atoms with Crippen molar-refractivity contribution in [2.24, 2.45) is 0 Å². The third kappa shape index (κ3) is 5.63. The van der Waals surface area contributed by atoms with Crippen LogP contribution >= 0.6 is 15.9 Å². The molecular formula is C21H24BrN3O5S. The second-order valence-corrected chi connectivity index (χ2v) is 9.95. The second kappa shape index (κ2) is 10.3. The van der Waals surface area contributed by atoms with Gasteiger partial charge in [0.15, 0.2) is 0 Å². The molecule has 0 bridgehead atoms. The summed E-state index contributed by atoms with van der Waals surface area (Å²) >= 11 is 3.29. The number of halogens is 1. The van der Waals surface area contributed by atoms with Crippen molar-refractivity contribution < 1.29 is 22.7 Å². The Morgan fingerprint density at radius 2 is 1.55 bits per heavy atom. The number of methoxy groups -OCH3 is 1. The van der Waals surface area contributed by atoms with Gasteiger partial charge in [-0.3, -0.25) is 20.4 Å². The third-order valence-corrected chi connectivity index (χ3v) is 7.44. The molecular weight excluding hydrogens is 486 g/mol. The van der Waals surface area contributed by atoms with E-state index in [0.29, 0.717) is 18.7 Å². The Morgan fingerprint density at radius 3 is 2.16 bits per heavy atom. The smallest absolute Gasteiger partial charge is 0.273 e. The summed E-state index contributed by atoms with van der Waals surface area (Å²) in [4.78, 5) is 25.0. The van der Waals surface area contributed by atoms with Gasteiger partial charge in [-0.2, -0.15) is 4.31 Å². The molecule has 31 heavy (non-hydrogen) atoms. The number of nitrogens with zero attached hydrogens (tertiary/aromatic N) is 1. The van der Waals surface area contributed by atoms with Crippen molar-refractivity contribution in [3.8, 4) is 5.75 Å². The van der Waals surface area contributed by atoms with Gasteiger partial charge in [-0.1, -0.05) is 28.8 Å². The standard InChI is InChI=1S/C21H24BrN3O5S/c1-30-19-11-10-17(31(28,29)25-12-4-2-3-5-13-25)14-18(19)21(27)24-23-20(26)15-6-8-16(22)9-7-15/h6-11,14H,2-5,12-13H2,1H3,(H,23,26)(H,24,27). The summed E-state index contributed by atoms with van der Waals surface area (Å²) < 4.78 is 33.6. The number of hydrogen-bond acceptors (Lipinski definition) is 5. The fourth-order valence-corrected chi connectivity index (χ4v) is 5.12. The highest BCUT2D eigenvalue weighted by molar-refractivity contribution is 9.10. The number of carbonyl (C=O) groups excluding carboxylic acids is 2. The average Bonchev–Trinajstić information content (AvgIpc) is 3.07. The van der Waals surface area contributed by atoms with Crippen molar-refractivity contribution in [2.75, 3.05) is 20.2 Å². The van der Waals surface area contributed by atoms with Crippen LogP contribution < -0.4 is 15.6 Å². The van der Waals surface area contributed by atoms with Gasteiger partial charge in [-0.25, -0.2) is 8.42 Å². The lowest BCUT2D eigenvalue weighted by atomic mass is 10.2. The van der Waals surface area contributed by atoms with E-state index in [4.69, 9.17) is 4.74 Å². The van der Waals surface area contributed by atoms with E-state index in [-0.39, 0.29) is 16.2 Å². The maximum Gasteiger partial charge on any atom is 0.273 e. The highest BCUT2D eigenvalue weighted by Gasteiger charge is 2.27. The van der Waals surface area contributed by atoms with Gasteiger partial charge in [-0.15, -0.1) is 0 Å². The SMILES string of the molecule is COc1ccc(S(=O)(=O)N2CCCCCC2)cc1C(=O)NNC(=O)c1ccc(Br)cc1. The van der Waals surface area contributed by atoms with Crippen LogP contribution in [0.2, 0.25) is 0 Å². The summed E-state index contributed by atoms with van der Waals surface area (Å²) in [5.41, 5.74) is 5.01. The van der Waals surface area contributed by atoms with Crippen LogP contribution in [0.5, 0.6) is 5.75 Å². The van der Waals surface area contributed by atoms with Crippen LogP contribution in [0.3, 0.4) is 0 Å². The fourth-order valence-electron chi connectivity index (χ4n) is 3.31. The summed E-state index contributed by atoms with van der Waals surface area (Å²) in [6.45, 7) is 0.915. The largest absolute Gasteiger partial charge is 0.496 e. The molecule has 0 aliphatic carbocycles. The van der Waals surface area contributed by atoms with Crippen LogP contribution in [0.4, 0.5) is 0 Å². The lowest BCUT2D eigenvalue weighted by Crippen LogP contribution is -2.41. The summed E-state index contributed by atoms with van der Waals surface area (Å²) in [6.07, 6.45) is 3.62. The van der Waals surface area contributed by atoms with E-state index in [0.717, 1.165) is 30.2 Å². The molecule has 0 aromatic heterocycles. The second-order valence-electron chi connectivity index (χ2n) is 7.10. The van der Waals surface area contributed by atoms with Gasteiger partial charge < -0.3 is 4.74 Å². The number of nitrogens with one attached hydrogen (secondary N) is 2. The Morgan fingerprint density at radius 1 is 0.935 bits per heavy atom. The van der Waals surface area contributed by atoms with Crippen molar-refractivity contribution >= 4 is 37.8 Å². The predicted molar refractivity (Wildman–Crippen MR) is 119 cm³/mol. The van der Waals surface area contributed by atoms with E-state index in [1.807, 2.05) is 0 Å². The van der Waals surface area contributed by atoms with Crippen molar-refractivity contribution in [1.29, 1.82) is 0 Å². The van der Waals surface area contributed by atoms with Gasteiger partial charge in [0.2, 0.25) is 10.0 Å². The highest BCUT2D eigenvalue weighted by atomic mass is 79.9. The topological polar surface area (TPSA) is 105 Å². The molecule has 1 saturated heterocycles. The molecule has 166 valence electrons. The molecule has 1 aliphatic heterocycles. The molecule has 1 aliphatic rings. The monoisotopic (exact) mass is 509 g/mol. The lowest BCUT2D eigenvalue weighted by molar-refractivity contribution is 0.0844. The van der Waals surface area contributed by atoms with Crippen LogP contribution in [0.25, 0.3) is 0 Å². The van der Waals surface area contributed by atoms with Gasteiger partial charge >= 0.3 is 0 Å². The molecule has 1 fully saturated rings. The summed E-state index contributed by atoms with van der Waals surface area (Å²) in [5, 5.41) is 0. The maximum atomic E-state index is 13.1. The predicted octanol–water partition coefficient (Wildman–Crippen LogP) is 3.10. The quantitative estimate of drug-likeness (QED) is 0.602. The highest BCUT2D eigenvalue weighted by Crippen LogP contribution is 2.26. The minimum atomic E-state index is -3.74. The van der Waals surface area contributed by atoms with Gasteiger partial charge in [0.05, 0.1) is 17.6 Å². The first-order valence-corrected chi connectivity index (χ1v) is 12.1. The van der Waals surface area contributed by atoms with Crippen molar-refractivity contribution in [2.45, 2.75) is 30.6 Å². The number of sulfonamides is 1. The van der Waals surface area contributed by atoms with E-state index in [1.165, 1.54) is 29.6 Å². The van der Waals surface area contributed by atoms with Gasteiger partial charge in [0, 0.05) is 23.1 Å². The molecule has 0 radical (unpaired) electrons. The molecule has 10 heteroatoms. The zero-order chi connectivity index (χ0) is 22.4. The Labute approximate surface area is 190 Å². The van der Waals surface area contributed by atoms with Gasteiger partial charge in [0.25, 0.3) is 11.8 Å². The maximum absolute atomic E-state index is 13.1. The van der Waals surface area contributed by atoms with E-state index in [2.05, 4.69) is 26.8 Å². The van der Waals surface area contributed by atoms with Gasteiger partial charge in [-0.05, 0) is 55.3 Å². The summed E-state index contributed by atoms with van der Waals surface area (Å²) in [5.74, 6) is -0.992. The first-order chi connectivity index (χ1) is 14.8. The zero-order valence-electron chi connectivity index (χ0n) is 17.1. The number of benzene rings is 2. The first-order valence-electron chi connectivity index (χ1n) is 9.87. The minimum absolute atomic E-state index is 0.00880. The van der Waals surface area contributed by atoms with Gasteiger partial charge in [0.1, 0.15) is 5.75 Å². The summed E-state index contributed by atoms with van der Waals surface area (Å²) in [7, 11) is -2.35. The number of hydrogen-bond donors (Lipinski definition) is 2. The van der Waals surface area contributed by atoms with E-state index in [9.17, 15) is 18.0 Å². The molecule has 0 spiro atoms. The fraction of sp³-hybridized carbons (Fsp3) is 0.333. The lowest BCUT2D eigenvalue weighted by Gasteiger charge is -2.20. The number of ether oxygens (including phenoxy) is 1. The Kier molecular flexibility index (Phi) is 7.69. The Balaban J connectivity index is 1.78. The third-order valence-electron chi connectivity index (χ3n) is 5.01. The number of carbonyl (C=O) groups is 2. The molecule has 8 nitrogen and oxygen atoms in total. The number of rotatable bonds is 5. The molecule has 3 rings (SSSR count). The van der Waals surface area contributed by atoms with Crippen LogP contribution in [-0.4, -0.2) is 44.7 Å². The average molecular weight is 510 g/mol. The molecule has 2 aromatic rings. The number of amides is 2. The normalized spacial score (nSPS) is 15.0. The van der Waals surface area contributed by atoms with Crippen LogP contribution in [0.1, 0.15) is 46.4 Å².